The van der Waals surface area contributed by atoms with Crippen LogP contribution >= 0.6 is 0 Å². The molecule has 0 bridgehead atoms. The fraction of sp³-hybridized carbons (Fsp3) is 0.176. The van der Waals surface area contributed by atoms with Gasteiger partial charge in [0.05, 0.1) is 0 Å². The molecule has 0 saturated carbocycles. The third-order valence-corrected chi connectivity index (χ3v) is 2.88. The third kappa shape index (κ3) is 4.63. The highest BCUT2D eigenvalue weighted by molar-refractivity contribution is 5.95. The first-order valence-electron chi connectivity index (χ1n) is 6.95. The quantitative estimate of drug-likeness (QED) is 0.891. The van der Waals surface area contributed by atoms with Crippen molar-refractivity contribution in [1.29, 1.82) is 0 Å². The van der Waals surface area contributed by atoms with Crippen molar-refractivity contribution in [2.75, 3.05) is 10.6 Å². The third-order valence-electron chi connectivity index (χ3n) is 2.88. The Bertz CT molecular complexity index is 656. The number of para-hydroxylation sites is 1. The lowest BCUT2D eigenvalue weighted by Crippen LogP contribution is -2.30. The summed E-state index contributed by atoms with van der Waals surface area (Å²) in [5, 5.41) is 5.43. The zero-order chi connectivity index (χ0) is 15.9. The van der Waals surface area contributed by atoms with Gasteiger partial charge in [0.15, 0.2) is 6.10 Å². The molecule has 0 fully saturated rings. The minimum atomic E-state index is -0.633. The van der Waals surface area contributed by atoms with E-state index in [1.54, 1.807) is 43.3 Å². The number of carbonyl (C=O) groups excluding carboxylic acids is 2. The van der Waals surface area contributed by atoms with Crippen molar-refractivity contribution in [3.63, 3.8) is 0 Å². The number of benzene rings is 2. The normalized spacial score (nSPS) is 11.4. The topological polar surface area (TPSA) is 67.4 Å². The van der Waals surface area contributed by atoms with Gasteiger partial charge in [-0.2, -0.15) is 0 Å². The van der Waals surface area contributed by atoms with Gasteiger partial charge >= 0.3 is 0 Å². The molecular formula is C17H18N2O3. The van der Waals surface area contributed by atoms with Crippen LogP contribution in [0.15, 0.2) is 54.6 Å². The van der Waals surface area contributed by atoms with Crippen molar-refractivity contribution >= 4 is 23.2 Å². The monoisotopic (exact) mass is 298 g/mol. The molecule has 5 heteroatoms. The molecule has 0 aliphatic rings. The molecule has 22 heavy (non-hydrogen) atoms. The lowest BCUT2D eigenvalue weighted by Gasteiger charge is -2.15. The van der Waals surface area contributed by atoms with Gasteiger partial charge in [0.1, 0.15) is 5.75 Å². The Hall–Kier alpha value is -2.82. The number of rotatable bonds is 5. The molecule has 0 aliphatic carbocycles. The van der Waals surface area contributed by atoms with Crippen LogP contribution in [-0.2, 0) is 9.59 Å². The van der Waals surface area contributed by atoms with Crippen LogP contribution < -0.4 is 15.4 Å². The smallest absolute Gasteiger partial charge is 0.265 e. The molecule has 2 rings (SSSR count). The van der Waals surface area contributed by atoms with Crippen molar-refractivity contribution in [3.8, 4) is 5.75 Å². The molecule has 0 heterocycles. The summed E-state index contributed by atoms with van der Waals surface area (Å²) in [6.07, 6.45) is -0.633. The molecule has 0 aliphatic heterocycles. The van der Waals surface area contributed by atoms with Gasteiger partial charge in [-0.1, -0.05) is 24.3 Å². The van der Waals surface area contributed by atoms with Gasteiger partial charge < -0.3 is 15.4 Å². The van der Waals surface area contributed by atoms with E-state index in [0.29, 0.717) is 17.1 Å². The number of anilines is 2. The summed E-state index contributed by atoms with van der Waals surface area (Å²) in [4.78, 5) is 23.2. The van der Waals surface area contributed by atoms with Crippen LogP contribution in [0.1, 0.15) is 13.8 Å². The molecule has 2 aromatic rings. The number of hydrogen-bond acceptors (Lipinski definition) is 3. The lowest BCUT2D eigenvalue weighted by atomic mass is 10.2. The standard InChI is InChI=1S/C17H18N2O3/c1-12(22-16-9-4-3-5-10-16)17(21)19-15-8-6-7-14(11-15)18-13(2)20/h3-12H,1-2H3,(H,18,20)(H,19,21)/t12-/m1/s1. The maximum Gasteiger partial charge on any atom is 0.265 e. The van der Waals surface area contributed by atoms with E-state index in [-0.39, 0.29) is 11.8 Å². The highest BCUT2D eigenvalue weighted by Gasteiger charge is 2.14. The zero-order valence-corrected chi connectivity index (χ0v) is 12.5. The Morgan fingerprint density at radius 2 is 1.59 bits per heavy atom. The Kier molecular flexibility index (Phi) is 5.14. The molecule has 0 radical (unpaired) electrons. The summed E-state index contributed by atoms with van der Waals surface area (Å²) in [5.74, 6) is 0.213. The highest BCUT2D eigenvalue weighted by Crippen LogP contribution is 2.16. The second-order valence-electron chi connectivity index (χ2n) is 4.82. The number of ether oxygens (including phenoxy) is 1. The molecule has 0 saturated heterocycles. The zero-order valence-electron chi connectivity index (χ0n) is 12.5. The molecular weight excluding hydrogens is 280 g/mol. The van der Waals surface area contributed by atoms with Crippen molar-refractivity contribution < 1.29 is 14.3 Å². The largest absolute Gasteiger partial charge is 0.481 e. The van der Waals surface area contributed by atoms with Crippen LogP contribution in [0.2, 0.25) is 0 Å². The minimum absolute atomic E-state index is 0.163. The lowest BCUT2D eigenvalue weighted by molar-refractivity contribution is -0.122. The van der Waals surface area contributed by atoms with Gasteiger partial charge in [-0.05, 0) is 37.3 Å². The van der Waals surface area contributed by atoms with Gasteiger partial charge in [-0.3, -0.25) is 9.59 Å². The number of hydrogen-bond donors (Lipinski definition) is 2. The van der Waals surface area contributed by atoms with E-state index in [2.05, 4.69) is 10.6 Å². The SMILES string of the molecule is CC(=O)Nc1cccc(NC(=O)[C@@H](C)Oc2ccccc2)c1. The van der Waals surface area contributed by atoms with Crippen molar-refractivity contribution in [1.82, 2.24) is 0 Å². The van der Waals surface area contributed by atoms with Gasteiger partial charge in [0.25, 0.3) is 5.91 Å². The maximum absolute atomic E-state index is 12.1. The van der Waals surface area contributed by atoms with E-state index in [1.165, 1.54) is 6.92 Å². The number of amides is 2. The van der Waals surface area contributed by atoms with Crippen LogP contribution in [0.3, 0.4) is 0 Å². The summed E-state index contributed by atoms with van der Waals surface area (Å²) in [6.45, 7) is 3.11. The van der Waals surface area contributed by atoms with Crippen molar-refractivity contribution in [2.24, 2.45) is 0 Å². The first-order valence-corrected chi connectivity index (χ1v) is 6.95. The van der Waals surface area contributed by atoms with E-state index in [4.69, 9.17) is 4.74 Å². The first-order chi connectivity index (χ1) is 10.5. The van der Waals surface area contributed by atoms with Gasteiger partial charge in [-0.15, -0.1) is 0 Å². The number of carbonyl (C=O) groups is 2. The Balaban J connectivity index is 1.97. The van der Waals surface area contributed by atoms with Crippen LogP contribution in [0, 0.1) is 0 Å². The molecule has 2 aromatic carbocycles. The Labute approximate surface area is 129 Å². The Morgan fingerprint density at radius 1 is 0.955 bits per heavy atom. The first kappa shape index (κ1) is 15.6. The average Bonchev–Trinajstić information content (AvgIpc) is 2.48. The molecule has 0 spiro atoms. The molecule has 1 atom stereocenters. The maximum atomic E-state index is 12.1. The van der Waals surface area contributed by atoms with E-state index in [0.717, 1.165) is 0 Å². The predicted molar refractivity (Wildman–Crippen MR) is 85.9 cm³/mol. The fourth-order valence-corrected chi connectivity index (χ4v) is 1.88. The average molecular weight is 298 g/mol. The van der Waals surface area contributed by atoms with E-state index >= 15 is 0 Å². The fourth-order valence-electron chi connectivity index (χ4n) is 1.88. The second kappa shape index (κ2) is 7.26. The van der Waals surface area contributed by atoms with Crippen molar-refractivity contribution in [3.05, 3.63) is 54.6 Å². The van der Waals surface area contributed by atoms with E-state index in [9.17, 15) is 9.59 Å². The summed E-state index contributed by atoms with van der Waals surface area (Å²) >= 11 is 0. The Morgan fingerprint density at radius 3 is 2.23 bits per heavy atom. The van der Waals surface area contributed by atoms with E-state index < -0.39 is 6.10 Å². The van der Waals surface area contributed by atoms with Gasteiger partial charge in [0, 0.05) is 18.3 Å². The van der Waals surface area contributed by atoms with E-state index in [1.807, 2.05) is 18.2 Å². The summed E-state index contributed by atoms with van der Waals surface area (Å²) in [6, 6.07) is 16.1. The van der Waals surface area contributed by atoms with Gasteiger partial charge in [0.2, 0.25) is 5.91 Å². The molecule has 114 valence electrons. The second-order valence-corrected chi connectivity index (χ2v) is 4.82. The van der Waals surface area contributed by atoms with Crippen LogP contribution in [0.4, 0.5) is 11.4 Å². The molecule has 2 N–H and O–H groups in total. The summed E-state index contributed by atoms with van der Waals surface area (Å²) in [7, 11) is 0. The van der Waals surface area contributed by atoms with Crippen molar-refractivity contribution in [2.45, 2.75) is 20.0 Å². The summed E-state index contributed by atoms with van der Waals surface area (Å²) in [5.41, 5.74) is 1.22. The molecule has 0 aromatic heterocycles. The summed E-state index contributed by atoms with van der Waals surface area (Å²) < 4.78 is 5.56. The van der Waals surface area contributed by atoms with Crippen LogP contribution in [-0.4, -0.2) is 17.9 Å². The van der Waals surface area contributed by atoms with Gasteiger partial charge in [-0.25, -0.2) is 0 Å². The van der Waals surface area contributed by atoms with Crippen LogP contribution in [0.5, 0.6) is 5.75 Å². The van der Waals surface area contributed by atoms with Crippen LogP contribution in [0.25, 0.3) is 0 Å². The minimum Gasteiger partial charge on any atom is -0.481 e. The molecule has 2 amide bonds. The molecule has 0 unspecified atom stereocenters. The molecule has 5 nitrogen and oxygen atoms in total. The highest BCUT2D eigenvalue weighted by atomic mass is 16.5. The predicted octanol–water partition coefficient (Wildman–Crippen LogP) is 3.05. The number of nitrogens with one attached hydrogen (secondary N) is 2.